The van der Waals surface area contributed by atoms with Crippen molar-refractivity contribution in [3.8, 4) is 5.69 Å². The van der Waals surface area contributed by atoms with Crippen molar-refractivity contribution >= 4 is 5.91 Å². The maximum Gasteiger partial charge on any atom is 0.368 e. The highest BCUT2D eigenvalue weighted by molar-refractivity contribution is 5.81. The van der Waals surface area contributed by atoms with E-state index in [2.05, 4.69) is 10.4 Å². The molecule has 1 amide bonds. The van der Waals surface area contributed by atoms with E-state index < -0.39 is 0 Å². The van der Waals surface area contributed by atoms with Gasteiger partial charge in [-0.1, -0.05) is 39.0 Å². The number of likely N-dealkylation sites (tertiary alicyclic amines) is 1. The topological polar surface area (TPSA) is 73.0 Å². The molecule has 2 aromatic rings. The summed E-state index contributed by atoms with van der Waals surface area (Å²) in [5.41, 5.74) is 0.144. The maximum atomic E-state index is 12.5. The van der Waals surface area contributed by atoms with Crippen LogP contribution in [0.5, 0.6) is 0 Å². The summed E-state index contributed by atoms with van der Waals surface area (Å²) >= 11 is 0. The lowest BCUT2D eigenvalue weighted by Crippen LogP contribution is -2.45. The molecule has 0 saturated carbocycles. The third-order valence-corrected chi connectivity index (χ3v) is 4.61. The Morgan fingerprint density at radius 3 is 2.36 bits per heavy atom. The number of para-hydroxylation sites is 1. The van der Waals surface area contributed by atoms with Crippen molar-refractivity contribution in [3.05, 3.63) is 40.8 Å². The van der Waals surface area contributed by atoms with Crippen molar-refractivity contribution in [1.82, 2.24) is 24.7 Å². The van der Waals surface area contributed by atoms with Crippen molar-refractivity contribution in [3.63, 3.8) is 0 Å². The van der Waals surface area contributed by atoms with Gasteiger partial charge < -0.3 is 4.90 Å². The van der Waals surface area contributed by atoms with Crippen LogP contribution in [0.25, 0.3) is 5.69 Å². The fraction of sp³-hybridized carbons (Fsp3) is 0.556. The van der Waals surface area contributed by atoms with Crippen molar-refractivity contribution < 1.29 is 4.79 Å². The van der Waals surface area contributed by atoms with Crippen LogP contribution >= 0.6 is 0 Å². The Morgan fingerprint density at radius 1 is 1.12 bits per heavy atom. The van der Waals surface area contributed by atoms with E-state index in [4.69, 9.17) is 0 Å². The lowest BCUT2D eigenvalue weighted by molar-refractivity contribution is -0.140. The summed E-state index contributed by atoms with van der Waals surface area (Å²) in [4.78, 5) is 26.8. The Morgan fingerprint density at radius 2 is 1.76 bits per heavy atom. The third-order valence-electron chi connectivity index (χ3n) is 4.61. The first-order chi connectivity index (χ1) is 11.9. The Hall–Kier alpha value is -2.44. The van der Waals surface area contributed by atoms with Gasteiger partial charge in [-0.25, -0.2) is 4.79 Å². The number of nitrogens with zero attached hydrogens (tertiary/aromatic N) is 5. The lowest BCUT2D eigenvalue weighted by atomic mass is 9.91. The average Bonchev–Trinajstić information content (AvgIpc) is 2.96. The van der Waals surface area contributed by atoms with Gasteiger partial charge in [0.25, 0.3) is 0 Å². The molecule has 0 aliphatic carbocycles. The molecule has 0 unspecified atom stereocenters. The first-order valence-corrected chi connectivity index (χ1v) is 8.74. The fourth-order valence-corrected chi connectivity index (χ4v) is 3.16. The van der Waals surface area contributed by atoms with Crippen molar-refractivity contribution in [1.29, 1.82) is 0 Å². The molecular weight excluding hydrogens is 318 g/mol. The minimum absolute atomic E-state index is 0.193. The SMILES string of the molecule is CC(C)(C)C(=O)N1CCC(Cn2nnn(-c3ccccc3)c2=O)CC1. The van der Waals surface area contributed by atoms with Crippen LogP contribution in [0.1, 0.15) is 33.6 Å². The fourth-order valence-electron chi connectivity index (χ4n) is 3.16. The van der Waals surface area contributed by atoms with Gasteiger partial charge in [0.05, 0.1) is 12.2 Å². The van der Waals surface area contributed by atoms with Crippen LogP contribution in [0.2, 0.25) is 0 Å². The van der Waals surface area contributed by atoms with Gasteiger partial charge in [0, 0.05) is 18.5 Å². The molecule has 1 fully saturated rings. The summed E-state index contributed by atoms with van der Waals surface area (Å²) in [5, 5.41) is 8.00. The summed E-state index contributed by atoms with van der Waals surface area (Å²) in [7, 11) is 0. The molecule has 0 N–H and O–H groups in total. The van der Waals surface area contributed by atoms with Gasteiger partial charge in [0.15, 0.2) is 0 Å². The minimum Gasteiger partial charge on any atom is -0.342 e. The van der Waals surface area contributed by atoms with Gasteiger partial charge >= 0.3 is 5.69 Å². The van der Waals surface area contributed by atoms with E-state index in [9.17, 15) is 9.59 Å². The summed E-state index contributed by atoms with van der Waals surface area (Å²) in [6.45, 7) is 7.86. The number of benzene rings is 1. The highest BCUT2D eigenvalue weighted by atomic mass is 16.2. The average molecular weight is 343 g/mol. The van der Waals surface area contributed by atoms with Crippen LogP contribution in [-0.2, 0) is 11.3 Å². The molecule has 3 rings (SSSR count). The second-order valence-corrected chi connectivity index (χ2v) is 7.68. The molecule has 1 aliphatic rings. The molecule has 0 radical (unpaired) electrons. The standard InChI is InChI=1S/C18H25N5O2/c1-18(2,3)16(24)21-11-9-14(10-12-21)13-22-17(25)23(20-19-22)15-7-5-4-6-8-15/h4-8,14H,9-13H2,1-3H3. The Kier molecular flexibility index (Phi) is 4.74. The maximum absolute atomic E-state index is 12.5. The molecule has 134 valence electrons. The first-order valence-electron chi connectivity index (χ1n) is 8.74. The Balaban J connectivity index is 1.63. The van der Waals surface area contributed by atoms with Gasteiger partial charge in [-0.15, -0.1) is 0 Å². The predicted octanol–water partition coefficient (Wildman–Crippen LogP) is 1.71. The van der Waals surface area contributed by atoms with Gasteiger partial charge in [0.1, 0.15) is 0 Å². The molecule has 1 saturated heterocycles. The highest BCUT2D eigenvalue weighted by Crippen LogP contribution is 2.24. The molecule has 1 aliphatic heterocycles. The molecule has 7 heteroatoms. The summed E-state index contributed by atoms with van der Waals surface area (Å²) in [5.74, 6) is 0.529. The van der Waals surface area contributed by atoms with Gasteiger partial charge in [0.2, 0.25) is 5.91 Å². The zero-order valence-electron chi connectivity index (χ0n) is 15.1. The van der Waals surface area contributed by atoms with E-state index in [0.29, 0.717) is 18.2 Å². The molecule has 25 heavy (non-hydrogen) atoms. The molecule has 0 atom stereocenters. The number of amides is 1. The number of carbonyl (C=O) groups is 1. The Bertz CT molecular complexity index is 780. The van der Waals surface area contributed by atoms with Crippen LogP contribution in [0.15, 0.2) is 35.1 Å². The summed E-state index contributed by atoms with van der Waals surface area (Å²) in [6.07, 6.45) is 1.76. The minimum atomic E-state index is -0.345. The largest absolute Gasteiger partial charge is 0.368 e. The van der Waals surface area contributed by atoms with E-state index in [-0.39, 0.29) is 17.0 Å². The molecule has 2 heterocycles. The van der Waals surface area contributed by atoms with Gasteiger partial charge in [-0.3, -0.25) is 4.79 Å². The molecule has 0 spiro atoms. The number of tetrazole rings is 1. The van der Waals surface area contributed by atoms with Crippen LogP contribution in [0.4, 0.5) is 0 Å². The smallest absolute Gasteiger partial charge is 0.342 e. The molecule has 1 aromatic heterocycles. The summed E-state index contributed by atoms with van der Waals surface area (Å²) in [6, 6.07) is 9.28. The number of hydrogen-bond donors (Lipinski definition) is 0. The predicted molar refractivity (Wildman–Crippen MR) is 94.4 cm³/mol. The van der Waals surface area contributed by atoms with Gasteiger partial charge in [-0.2, -0.15) is 9.36 Å². The molecular formula is C18H25N5O2. The van der Waals surface area contributed by atoms with Gasteiger partial charge in [-0.05, 0) is 41.3 Å². The molecule has 0 bridgehead atoms. The first kappa shape index (κ1) is 17.4. The number of hydrogen-bond acceptors (Lipinski definition) is 4. The van der Waals surface area contributed by atoms with Crippen LogP contribution < -0.4 is 5.69 Å². The molecule has 7 nitrogen and oxygen atoms in total. The Labute approximate surface area is 147 Å². The van der Waals surface area contributed by atoms with Crippen molar-refractivity contribution in [2.24, 2.45) is 11.3 Å². The number of aromatic nitrogens is 4. The summed E-state index contributed by atoms with van der Waals surface area (Å²) < 4.78 is 2.75. The highest BCUT2D eigenvalue weighted by Gasteiger charge is 2.30. The zero-order valence-corrected chi connectivity index (χ0v) is 15.1. The van der Waals surface area contributed by atoms with Crippen LogP contribution in [0.3, 0.4) is 0 Å². The number of carbonyl (C=O) groups excluding carboxylic acids is 1. The quantitative estimate of drug-likeness (QED) is 0.850. The lowest BCUT2D eigenvalue weighted by Gasteiger charge is -2.35. The second-order valence-electron chi connectivity index (χ2n) is 7.68. The van der Waals surface area contributed by atoms with E-state index in [1.54, 1.807) is 0 Å². The normalized spacial score (nSPS) is 16.2. The van der Waals surface area contributed by atoms with Crippen LogP contribution in [0, 0.1) is 11.3 Å². The van der Waals surface area contributed by atoms with E-state index in [0.717, 1.165) is 25.9 Å². The van der Waals surface area contributed by atoms with Crippen LogP contribution in [-0.4, -0.2) is 43.7 Å². The monoisotopic (exact) mass is 343 g/mol. The van der Waals surface area contributed by atoms with Crippen molar-refractivity contribution in [2.75, 3.05) is 13.1 Å². The van der Waals surface area contributed by atoms with E-state index in [1.807, 2.05) is 56.0 Å². The van der Waals surface area contributed by atoms with E-state index >= 15 is 0 Å². The van der Waals surface area contributed by atoms with Crippen molar-refractivity contribution in [2.45, 2.75) is 40.2 Å². The number of rotatable bonds is 3. The number of piperidine rings is 1. The zero-order chi connectivity index (χ0) is 18.0. The third kappa shape index (κ3) is 3.81. The molecule has 1 aromatic carbocycles. The second kappa shape index (κ2) is 6.82. The van der Waals surface area contributed by atoms with E-state index in [1.165, 1.54) is 9.36 Å².